The Labute approximate surface area is 123 Å². The van der Waals surface area contributed by atoms with Crippen LogP contribution in [0.2, 0.25) is 0 Å². The highest BCUT2D eigenvalue weighted by Gasteiger charge is 2.38. The maximum atomic E-state index is 12.5. The van der Waals surface area contributed by atoms with Gasteiger partial charge in [-0.2, -0.15) is 0 Å². The largest absolute Gasteiger partial charge is 0.481 e. The fourth-order valence-corrected chi connectivity index (χ4v) is 2.89. The summed E-state index contributed by atoms with van der Waals surface area (Å²) in [4.78, 5) is 38.4. The number of carbonyl (C=O) groups is 3. The van der Waals surface area contributed by atoms with Crippen molar-refractivity contribution in [2.75, 3.05) is 26.2 Å². The zero-order chi connectivity index (χ0) is 15.6. The minimum Gasteiger partial charge on any atom is -0.481 e. The third-order valence-corrected chi connectivity index (χ3v) is 3.98. The molecule has 7 heteroatoms. The van der Waals surface area contributed by atoms with Gasteiger partial charge < -0.3 is 19.6 Å². The van der Waals surface area contributed by atoms with Crippen molar-refractivity contribution in [1.82, 2.24) is 9.80 Å². The van der Waals surface area contributed by atoms with E-state index < -0.39 is 12.1 Å². The van der Waals surface area contributed by atoms with Crippen molar-refractivity contribution in [3.8, 4) is 0 Å². The van der Waals surface area contributed by atoms with Gasteiger partial charge in [0.1, 0.15) is 0 Å². The molecule has 0 aromatic heterocycles. The third kappa shape index (κ3) is 3.72. The van der Waals surface area contributed by atoms with Gasteiger partial charge in [-0.15, -0.1) is 0 Å². The Morgan fingerprint density at radius 1 is 1.38 bits per heavy atom. The number of aliphatic carboxylic acids is 1. The van der Waals surface area contributed by atoms with Crippen LogP contribution in [-0.4, -0.2) is 71.1 Å². The zero-order valence-corrected chi connectivity index (χ0v) is 12.4. The Kier molecular flexibility index (Phi) is 4.82. The number of rotatable bonds is 4. The number of hydrogen-bond donors (Lipinski definition) is 1. The van der Waals surface area contributed by atoms with E-state index in [1.165, 1.54) is 0 Å². The second-order valence-corrected chi connectivity index (χ2v) is 5.92. The molecule has 0 bridgehead atoms. The highest BCUT2D eigenvalue weighted by Crippen LogP contribution is 2.23. The zero-order valence-electron chi connectivity index (χ0n) is 12.4. The van der Waals surface area contributed by atoms with E-state index in [1.807, 2.05) is 13.8 Å². The molecule has 2 rings (SSSR count). The molecule has 2 aliphatic heterocycles. The van der Waals surface area contributed by atoms with E-state index in [1.54, 1.807) is 9.80 Å². The number of nitrogens with zero attached hydrogens (tertiary/aromatic N) is 2. The first kappa shape index (κ1) is 15.8. The number of likely N-dealkylation sites (tertiary alicyclic amines) is 1. The van der Waals surface area contributed by atoms with Gasteiger partial charge in [0.2, 0.25) is 11.8 Å². The van der Waals surface area contributed by atoms with Crippen LogP contribution in [0.25, 0.3) is 0 Å². The molecule has 2 fully saturated rings. The number of carbonyl (C=O) groups excluding carboxylic acids is 2. The highest BCUT2D eigenvalue weighted by atomic mass is 16.5. The van der Waals surface area contributed by atoms with Crippen LogP contribution < -0.4 is 0 Å². The van der Waals surface area contributed by atoms with Gasteiger partial charge in [0.05, 0.1) is 25.0 Å². The molecule has 2 amide bonds. The molecule has 2 aliphatic rings. The van der Waals surface area contributed by atoms with E-state index >= 15 is 0 Å². The topological polar surface area (TPSA) is 87.2 Å². The summed E-state index contributed by atoms with van der Waals surface area (Å²) in [5.74, 6) is -1.30. The first-order valence-corrected chi connectivity index (χ1v) is 7.30. The summed E-state index contributed by atoms with van der Waals surface area (Å²) in [6.07, 6.45) is -0.317. The molecule has 0 saturated carbocycles. The molecular weight excluding hydrogens is 276 g/mol. The lowest BCUT2D eigenvalue weighted by atomic mass is 10.1. The van der Waals surface area contributed by atoms with Crippen molar-refractivity contribution in [1.29, 1.82) is 0 Å². The Morgan fingerprint density at radius 2 is 2.10 bits per heavy atom. The molecule has 0 aliphatic carbocycles. The van der Waals surface area contributed by atoms with Crippen molar-refractivity contribution in [2.24, 2.45) is 5.92 Å². The van der Waals surface area contributed by atoms with Crippen LogP contribution in [0.4, 0.5) is 0 Å². The van der Waals surface area contributed by atoms with Gasteiger partial charge in [-0.05, 0) is 13.8 Å². The molecular formula is C14H22N2O5. The summed E-state index contributed by atoms with van der Waals surface area (Å²) in [6.45, 7) is 5.41. The van der Waals surface area contributed by atoms with Gasteiger partial charge in [-0.25, -0.2) is 0 Å². The van der Waals surface area contributed by atoms with E-state index in [0.29, 0.717) is 19.7 Å². The van der Waals surface area contributed by atoms with Crippen molar-refractivity contribution in [2.45, 2.75) is 38.8 Å². The summed E-state index contributed by atoms with van der Waals surface area (Å²) < 4.78 is 5.36. The first-order chi connectivity index (χ1) is 9.88. The Hall–Kier alpha value is -1.63. The van der Waals surface area contributed by atoms with Crippen molar-refractivity contribution in [3.05, 3.63) is 0 Å². The maximum absolute atomic E-state index is 12.5. The number of carboxylic acids is 1. The first-order valence-electron chi connectivity index (χ1n) is 7.30. The number of morpholine rings is 1. The predicted octanol–water partition coefficient (Wildman–Crippen LogP) is -0.0546. The minimum absolute atomic E-state index is 0.0127. The lowest BCUT2D eigenvalue weighted by Crippen LogP contribution is -2.48. The quantitative estimate of drug-likeness (QED) is 0.786. The SMILES string of the molecule is CC(C)N1CC(C(=O)N2CCOC(CC(=O)O)C2)CC1=O. The van der Waals surface area contributed by atoms with Gasteiger partial charge in [0.25, 0.3) is 0 Å². The molecule has 1 N–H and O–H groups in total. The third-order valence-electron chi connectivity index (χ3n) is 3.98. The molecule has 0 radical (unpaired) electrons. The summed E-state index contributed by atoms with van der Waals surface area (Å²) in [6, 6.07) is 0.0970. The van der Waals surface area contributed by atoms with Gasteiger partial charge in [-0.3, -0.25) is 14.4 Å². The fraction of sp³-hybridized carbons (Fsp3) is 0.786. The molecule has 21 heavy (non-hydrogen) atoms. The summed E-state index contributed by atoms with van der Waals surface area (Å²) in [5.41, 5.74) is 0. The Balaban J connectivity index is 1.94. The smallest absolute Gasteiger partial charge is 0.306 e. The molecule has 2 atom stereocenters. The van der Waals surface area contributed by atoms with E-state index in [9.17, 15) is 14.4 Å². The van der Waals surface area contributed by atoms with Crippen LogP contribution in [0.1, 0.15) is 26.7 Å². The van der Waals surface area contributed by atoms with Crippen LogP contribution >= 0.6 is 0 Å². The van der Waals surface area contributed by atoms with Gasteiger partial charge in [0, 0.05) is 32.1 Å². The van der Waals surface area contributed by atoms with Crippen molar-refractivity contribution >= 4 is 17.8 Å². The average Bonchev–Trinajstić information content (AvgIpc) is 2.79. The summed E-state index contributed by atoms with van der Waals surface area (Å²) in [5, 5.41) is 8.80. The molecule has 2 unspecified atom stereocenters. The number of amides is 2. The van der Waals surface area contributed by atoms with E-state index in [0.717, 1.165) is 0 Å². The predicted molar refractivity (Wildman–Crippen MR) is 73.5 cm³/mol. The van der Waals surface area contributed by atoms with Gasteiger partial charge >= 0.3 is 5.97 Å². The van der Waals surface area contributed by atoms with Crippen LogP contribution in [0.15, 0.2) is 0 Å². The summed E-state index contributed by atoms with van der Waals surface area (Å²) >= 11 is 0. The standard InChI is InChI=1S/C14H22N2O5/c1-9(2)16-7-10(5-12(16)17)14(20)15-3-4-21-11(8-15)6-13(18)19/h9-11H,3-8H2,1-2H3,(H,18,19). The van der Waals surface area contributed by atoms with E-state index in [4.69, 9.17) is 9.84 Å². The highest BCUT2D eigenvalue weighted by molar-refractivity contribution is 5.89. The van der Waals surface area contributed by atoms with E-state index in [-0.39, 0.29) is 43.2 Å². The van der Waals surface area contributed by atoms with Crippen LogP contribution in [0.3, 0.4) is 0 Å². The van der Waals surface area contributed by atoms with Crippen LogP contribution in [0.5, 0.6) is 0 Å². The minimum atomic E-state index is -0.934. The number of hydrogen-bond acceptors (Lipinski definition) is 4. The normalized spacial score (nSPS) is 26.5. The molecule has 0 aromatic carbocycles. The second kappa shape index (κ2) is 6.43. The van der Waals surface area contributed by atoms with Crippen molar-refractivity contribution in [3.63, 3.8) is 0 Å². The Bertz CT molecular complexity index is 437. The molecule has 2 saturated heterocycles. The monoisotopic (exact) mass is 298 g/mol. The molecule has 7 nitrogen and oxygen atoms in total. The van der Waals surface area contributed by atoms with E-state index in [2.05, 4.69) is 0 Å². The van der Waals surface area contributed by atoms with Gasteiger partial charge in [0.15, 0.2) is 0 Å². The second-order valence-electron chi connectivity index (χ2n) is 5.92. The molecule has 118 valence electrons. The number of ether oxygens (including phenoxy) is 1. The van der Waals surface area contributed by atoms with Crippen LogP contribution in [-0.2, 0) is 19.1 Å². The Morgan fingerprint density at radius 3 is 2.67 bits per heavy atom. The summed E-state index contributed by atoms with van der Waals surface area (Å²) in [7, 11) is 0. The van der Waals surface area contributed by atoms with Crippen LogP contribution in [0, 0.1) is 5.92 Å². The molecule has 0 spiro atoms. The maximum Gasteiger partial charge on any atom is 0.306 e. The molecule has 0 aromatic rings. The van der Waals surface area contributed by atoms with Gasteiger partial charge in [-0.1, -0.05) is 0 Å². The number of carboxylic acid groups (broad SMARTS) is 1. The lowest BCUT2D eigenvalue weighted by Gasteiger charge is -2.33. The molecule has 2 heterocycles. The fourth-order valence-electron chi connectivity index (χ4n) is 2.89. The average molecular weight is 298 g/mol. The van der Waals surface area contributed by atoms with Crippen molar-refractivity contribution < 1.29 is 24.2 Å². The lowest BCUT2D eigenvalue weighted by molar-refractivity contribution is -0.149.